The molecule has 2 aromatic carbocycles. The van der Waals surface area contributed by atoms with E-state index in [-0.39, 0.29) is 12.5 Å². The third-order valence-electron chi connectivity index (χ3n) is 3.26. The zero-order chi connectivity index (χ0) is 17.9. The average molecular weight is 387 g/mol. The van der Waals surface area contributed by atoms with Gasteiger partial charge < -0.3 is 5.32 Å². The van der Waals surface area contributed by atoms with Crippen LogP contribution in [0.3, 0.4) is 0 Å². The van der Waals surface area contributed by atoms with E-state index in [0.717, 1.165) is 17.4 Å². The molecule has 8 heteroatoms. The van der Waals surface area contributed by atoms with Gasteiger partial charge in [0.2, 0.25) is 10.0 Å². The molecule has 0 heterocycles. The Morgan fingerprint density at radius 1 is 1.12 bits per heavy atom. The summed E-state index contributed by atoms with van der Waals surface area (Å²) < 4.78 is 24.6. The van der Waals surface area contributed by atoms with Gasteiger partial charge in [0, 0.05) is 27.8 Å². The number of carbonyl (C=O) groups is 1. The Labute approximate surface area is 151 Å². The molecule has 0 bridgehead atoms. The van der Waals surface area contributed by atoms with Crippen molar-refractivity contribution in [3.05, 3.63) is 63.1 Å². The monoisotopic (exact) mass is 386 g/mol. The molecule has 2 N–H and O–H groups in total. The van der Waals surface area contributed by atoms with Crippen LogP contribution in [0.4, 0.5) is 5.69 Å². The van der Waals surface area contributed by atoms with E-state index < -0.39 is 10.0 Å². The lowest BCUT2D eigenvalue weighted by atomic mass is 10.1. The Hall–Kier alpha value is -1.76. The van der Waals surface area contributed by atoms with E-state index in [1.54, 1.807) is 24.3 Å². The molecule has 128 valence electrons. The first-order valence-electron chi connectivity index (χ1n) is 6.96. The van der Waals surface area contributed by atoms with Crippen molar-refractivity contribution < 1.29 is 13.2 Å². The van der Waals surface area contributed by atoms with Gasteiger partial charge in [-0.2, -0.15) is 0 Å². The number of hydrogen-bond acceptors (Lipinski definition) is 3. The molecular formula is C16H16Cl2N2O3S. The van der Waals surface area contributed by atoms with Crippen molar-refractivity contribution in [2.24, 2.45) is 0 Å². The predicted octanol–water partition coefficient (Wildman–Crippen LogP) is 3.60. The highest BCUT2D eigenvalue weighted by atomic mass is 35.5. The lowest BCUT2D eigenvalue weighted by Gasteiger charge is -2.11. The largest absolute Gasteiger partial charge is 0.348 e. The van der Waals surface area contributed by atoms with Crippen molar-refractivity contribution in [1.82, 2.24) is 5.32 Å². The number of amides is 1. The summed E-state index contributed by atoms with van der Waals surface area (Å²) in [7, 11) is -3.35. The molecule has 24 heavy (non-hydrogen) atoms. The van der Waals surface area contributed by atoms with Gasteiger partial charge in [0.25, 0.3) is 5.91 Å². The molecule has 0 aliphatic carbocycles. The summed E-state index contributed by atoms with van der Waals surface area (Å²) in [6.07, 6.45) is 1.06. The summed E-state index contributed by atoms with van der Waals surface area (Å²) in [5.41, 5.74) is 2.49. The van der Waals surface area contributed by atoms with Gasteiger partial charge in [-0.05, 0) is 54.4 Å². The van der Waals surface area contributed by atoms with E-state index in [1.807, 2.05) is 6.92 Å². The van der Waals surface area contributed by atoms with Crippen molar-refractivity contribution in [1.29, 1.82) is 0 Å². The fraction of sp³-hybridized carbons (Fsp3) is 0.188. The maximum atomic E-state index is 12.2. The Morgan fingerprint density at radius 2 is 1.75 bits per heavy atom. The molecule has 0 aliphatic rings. The Bertz CT molecular complexity index is 842. The van der Waals surface area contributed by atoms with E-state index >= 15 is 0 Å². The van der Waals surface area contributed by atoms with Crippen molar-refractivity contribution >= 4 is 44.8 Å². The summed E-state index contributed by atoms with van der Waals surface area (Å²) in [5.74, 6) is -0.286. The lowest BCUT2D eigenvalue weighted by molar-refractivity contribution is 0.0951. The van der Waals surface area contributed by atoms with Gasteiger partial charge in [-0.25, -0.2) is 8.42 Å². The minimum atomic E-state index is -3.35. The van der Waals surface area contributed by atoms with Crippen LogP contribution < -0.4 is 10.0 Å². The van der Waals surface area contributed by atoms with Crippen molar-refractivity contribution in [3.8, 4) is 0 Å². The van der Waals surface area contributed by atoms with Crippen molar-refractivity contribution in [2.75, 3.05) is 11.0 Å². The molecule has 2 aromatic rings. The minimum absolute atomic E-state index is 0.268. The van der Waals surface area contributed by atoms with E-state index in [4.69, 9.17) is 23.2 Å². The second kappa shape index (κ2) is 7.42. The Morgan fingerprint density at radius 3 is 2.29 bits per heavy atom. The second-order valence-corrected chi connectivity index (χ2v) is 7.91. The summed E-state index contributed by atoms with van der Waals surface area (Å²) >= 11 is 12.1. The van der Waals surface area contributed by atoms with Crippen LogP contribution >= 0.6 is 23.2 Å². The van der Waals surface area contributed by atoms with Crippen molar-refractivity contribution in [3.63, 3.8) is 0 Å². The summed E-state index contributed by atoms with van der Waals surface area (Å²) in [6.45, 7) is 2.13. The molecule has 0 saturated heterocycles. The minimum Gasteiger partial charge on any atom is -0.348 e. The molecule has 0 radical (unpaired) electrons. The first-order chi connectivity index (χ1) is 11.2. The van der Waals surface area contributed by atoms with Gasteiger partial charge in [0.05, 0.1) is 6.26 Å². The van der Waals surface area contributed by atoms with E-state index in [9.17, 15) is 13.2 Å². The van der Waals surface area contributed by atoms with Gasteiger partial charge in [0.15, 0.2) is 0 Å². The number of aryl methyl sites for hydroxylation is 1. The van der Waals surface area contributed by atoms with Crippen LogP contribution in [0.15, 0.2) is 36.4 Å². The number of sulfonamides is 1. The third-order valence-corrected chi connectivity index (χ3v) is 4.42. The fourth-order valence-corrected chi connectivity index (χ4v) is 3.36. The molecule has 0 atom stereocenters. The molecule has 0 saturated carbocycles. The van der Waals surface area contributed by atoms with Crippen LogP contribution in [0.2, 0.25) is 10.0 Å². The predicted molar refractivity (Wildman–Crippen MR) is 97.3 cm³/mol. The van der Waals surface area contributed by atoms with Crippen LogP contribution in [0.25, 0.3) is 0 Å². The van der Waals surface area contributed by atoms with Crippen LogP contribution in [0, 0.1) is 6.92 Å². The maximum Gasteiger partial charge on any atom is 0.251 e. The summed E-state index contributed by atoms with van der Waals surface area (Å²) in [4.78, 5) is 12.2. The van der Waals surface area contributed by atoms with Gasteiger partial charge >= 0.3 is 0 Å². The molecule has 0 fully saturated rings. The van der Waals surface area contributed by atoms with Crippen molar-refractivity contribution in [2.45, 2.75) is 13.5 Å². The van der Waals surface area contributed by atoms with Crippen LogP contribution in [-0.4, -0.2) is 20.6 Å². The number of hydrogen-bond donors (Lipinski definition) is 2. The molecule has 2 rings (SSSR count). The number of anilines is 1. The van der Waals surface area contributed by atoms with Gasteiger partial charge in [0.1, 0.15) is 0 Å². The summed E-state index contributed by atoms with van der Waals surface area (Å²) in [6, 6.07) is 9.54. The van der Waals surface area contributed by atoms with E-state index in [1.165, 1.54) is 12.1 Å². The molecule has 0 aliphatic heterocycles. The van der Waals surface area contributed by atoms with E-state index in [2.05, 4.69) is 10.0 Å². The number of benzene rings is 2. The molecule has 5 nitrogen and oxygen atoms in total. The zero-order valence-corrected chi connectivity index (χ0v) is 15.4. The Kier molecular flexibility index (Phi) is 5.74. The highest BCUT2D eigenvalue weighted by Crippen LogP contribution is 2.24. The fourth-order valence-electron chi connectivity index (χ4n) is 2.13. The van der Waals surface area contributed by atoms with Crippen LogP contribution in [-0.2, 0) is 16.6 Å². The quantitative estimate of drug-likeness (QED) is 0.823. The second-order valence-electron chi connectivity index (χ2n) is 5.32. The standard InChI is InChI=1S/C16H16Cl2N2O3S/c1-10-7-12(17)8-15(18)14(10)9-19-16(21)11-3-5-13(6-4-11)20-24(2,22)23/h3-8,20H,9H2,1-2H3,(H,19,21). The molecule has 0 unspecified atom stereocenters. The Balaban J connectivity index is 2.05. The maximum absolute atomic E-state index is 12.2. The van der Waals surface area contributed by atoms with Gasteiger partial charge in [-0.15, -0.1) is 0 Å². The SMILES string of the molecule is Cc1cc(Cl)cc(Cl)c1CNC(=O)c1ccc(NS(C)(=O)=O)cc1. The molecule has 1 amide bonds. The average Bonchev–Trinajstić information content (AvgIpc) is 2.45. The van der Waals surface area contributed by atoms with Crippen LogP contribution in [0.5, 0.6) is 0 Å². The normalized spacial score (nSPS) is 11.2. The number of rotatable bonds is 5. The summed E-state index contributed by atoms with van der Waals surface area (Å²) in [5, 5.41) is 3.82. The smallest absolute Gasteiger partial charge is 0.251 e. The van der Waals surface area contributed by atoms with E-state index in [0.29, 0.717) is 21.3 Å². The molecule has 0 spiro atoms. The number of halogens is 2. The topological polar surface area (TPSA) is 75.3 Å². The zero-order valence-electron chi connectivity index (χ0n) is 13.1. The lowest BCUT2D eigenvalue weighted by Crippen LogP contribution is -2.23. The first kappa shape index (κ1) is 18.6. The molecule has 0 aromatic heterocycles. The first-order valence-corrected chi connectivity index (χ1v) is 9.61. The van der Waals surface area contributed by atoms with Crippen LogP contribution in [0.1, 0.15) is 21.5 Å². The van der Waals surface area contributed by atoms with Gasteiger partial charge in [-0.3, -0.25) is 9.52 Å². The number of carbonyl (C=O) groups excluding carboxylic acids is 1. The highest BCUT2D eigenvalue weighted by Gasteiger charge is 2.10. The third kappa shape index (κ3) is 5.12. The highest BCUT2D eigenvalue weighted by molar-refractivity contribution is 7.92. The number of nitrogens with one attached hydrogen (secondary N) is 2. The molecular weight excluding hydrogens is 371 g/mol. The van der Waals surface area contributed by atoms with Gasteiger partial charge in [-0.1, -0.05) is 23.2 Å².